The topological polar surface area (TPSA) is 79.6 Å². The van der Waals surface area contributed by atoms with E-state index in [0.29, 0.717) is 27.5 Å². The van der Waals surface area contributed by atoms with Gasteiger partial charge < -0.3 is 4.90 Å². The van der Waals surface area contributed by atoms with Crippen molar-refractivity contribution in [1.82, 2.24) is 9.88 Å². The maximum Gasteiger partial charge on any atom is 0.270 e. The largest absolute Gasteiger partial charge is 0.309 e. The van der Waals surface area contributed by atoms with Crippen molar-refractivity contribution in [1.29, 1.82) is 0 Å². The first-order valence-electron chi connectivity index (χ1n) is 9.04. The zero-order chi connectivity index (χ0) is 21.0. The van der Waals surface area contributed by atoms with Crippen LogP contribution in [-0.2, 0) is 0 Å². The Labute approximate surface area is 177 Å². The second-order valence-corrected chi connectivity index (χ2v) is 8.64. The van der Waals surface area contributed by atoms with Gasteiger partial charge in [0.1, 0.15) is 0 Å². The van der Waals surface area contributed by atoms with Crippen molar-refractivity contribution in [3.8, 4) is 0 Å². The fraction of sp³-hybridized carbons (Fsp3) is 0.300. The van der Waals surface area contributed by atoms with Crippen LogP contribution in [0.4, 0.5) is 10.8 Å². The third kappa shape index (κ3) is 5.11. The molecule has 0 radical (unpaired) electrons. The number of nitro groups is 1. The third-order valence-electron chi connectivity index (χ3n) is 4.35. The first kappa shape index (κ1) is 21.2. The van der Waals surface area contributed by atoms with Gasteiger partial charge >= 0.3 is 0 Å². The van der Waals surface area contributed by atoms with E-state index in [0.717, 1.165) is 17.9 Å². The maximum atomic E-state index is 13.3. The van der Waals surface area contributed by atoms with Crippen molar-refractivity contribution in [3.63, 3.8) is 0 Å². The maximum absolute atomic E-state index is 13.3. The van der Waals surface area contributed by atoms with Crippen LogP contribution < -0.4 is 4.90 Å². The third-order valence-corrected chi connectivity index (χ3v) is 6.12. The minimum absolute atomic E-state index is 0.0193. The SMILES string of the molecule is CSc1cccc(C(=O)N(CCCN(C)C)c2nc3ccc([N+](=O)[O-])cc3s2)c1. The Morgan fingerprint density at radius 1 is 1.21 bits per heavy atom. The lowest BCUT2D eigenvalue weighted by Gasteiger charge is -2.21. The molecule has 1 aromatic heterocycles. The number of thioether (sulfide) groups is 1. The molecule has 9 heteroatoms. The van der Waals surface area contributed by atoms with Gasteiger partial charge in [-0.1, -0.05) is 17.4 Å². The lowest BCUT2D eigenvalue weighted by molar-refractivity contribution is -0.384. The van der Waals surface area contributed by atoms with Gasteiger partial charge in [0.2, 0.25) is 0 Å². The van der Waals surface area contributed by atoms with E-state index in [1.165, 1.54) is 23.5 Å². The van der Waals surface area contributed by atoms with E-state index in [2.05, 4.69) is 9.88 Å². The smallest absolute Gasteiger partial charge is 0.270 e. The van der Waals surface area contributed by atoms with Crippen LogP contribution in [0.5, 0.6) is 0 Å². The molecule has 0 atom stereocenters. The number of rotatable bonds is 8. The zero-order valence-corrected chi connectivity index (χ0v) is 18.1. The number of nitrogens with zero attached hydrogens (tertiary/aromatic N) is 4. The van der Waals surface area contributed by atoms with Crippen molar-refractivity contribution >= 4 is 50.0 Å². The average Bonchev–Trinajstić information content (AvgIpc) is 3.13. The fourth-order valence-electron chi connectivity index (χ4n) is 2.87. The number of aromatic nitrogens is 1. The summed E-state index contributed by atoms with van der Waals surface area (Å²) in [5.41, 5.74) is 1.27. The van der Waals surface area contributed by atoms with E-state index in [1.807, 2.05) is 38.6 Å². The highest BCUT2D eigenvalue weighted by atomic mass is 32.2. The second-order valence-electron chi connectivity index (χ2n) is 6.75. The van der Waals surface area contributed by atoms with Gasteiger partial charge in [0.05, 0.1) is 15.1 Å². The summed E-state index contributed by atoms with van der Waals surface area (Å²) in [7, 11) is 3.98. The summed E-state index contributed by atoms with van der Waals surface area (Å²) in [5, 5.41) is 11.6. The molecule has 1 amide bonds. The Bertz CT molecular complexity index is 1040. The normalized spacial score (nSPS) is 11.2. The van der Waals surface area contributed by atoms with Crippen LogP contribution in [0.1, 0.15) is 16.8 Å². The number of nitro benzene ring substituents is 1. The number of amides is 1. The number of hydrogen-bond acceptors (Lipinski definition) is 7. The van der Waals surface area contributed by atoms with Crippen LogP contribution in [-0.4, -0.2) is 54.2 Å². The van der Waals surface area contributed by atoms with E-state index in [1.54, 1.807) is 28.8 Å². The van der Waals surface area contributed by atoms with Crippen molar-refractivity contribution in [2.75, 3.05) is 38.3 Å². The molecule has 0 spiro atoms. The predicted octanol–water partition coefficient (Wildman–Crippen LogP) is 4.52. The first-order valence-corrected chi connectivity index (χ1v) is 11.1. The summed E-state index contributed by atoms with van der Waals surface area (Å²) in [6.45, 7) is 1.35. The van der Waals surface area contributed by atoms with Gasteiger partial charge in [0.15, 0.2) is 5.13 Å². The summed E-state index contributed by atoms with van der Waals surface area (Å²) < 4.78 is 0.692. The Kier molecular flexibility index (Phi) is 6.83. The highest BCUT2D eigenvalue weighted by Gasteiger charge is 2.22. The quantitative estimate of drug-likeness (QED) is 0.297. The molecule has 0 bridgehead atoms. The molecular weight excluding hydrogens is 408 g/mol. The van der Waals surface area contributed by atoms with Gasteiger partial charge in [-0.2, -0.15) is 0 Å². The molecule has 2 aromatic carbocycles. The molecule has 152 valence electrons. The van der Waals surface area contributed by atoms with Crippen molar-refractivity contribution in [2.45, 2.75) is 11.3 Å². The highest BCUT2D eigenvalue weighted by molar-refractivity contribution is 7.98. The van der Waals surface area contributed by atoms with Gasteiger partial charge in [-0.25, -0.2) is 4.98 Å². The molecular formula is C20H22N4O3S2. The number of benzene rings is 2. The van der Waals surface area contributed by atoms with Gasteiger partial charge in [0.25, 0.3) is 11.6 Å². The Balaban J connectivity index is 1.96. The summed E-state index contributed by atoms with van der Waals surface area (Å²) in [4.78, 5) is 33.3. The molecule has 0 aliphatic carbocycles. The van der Waals surface area contributed by atoms with Crippen LogP contribution >= 0.6 is 23.1 Å². The average molecular weight is 431 g/mol. The number of thiazole rings is 1. The molecule has 7 nitrogen and oxygen atoms in total. The minimum atomic E-state index is -0.424. The standard InChI is InChI=1S/C20H22N4O3S2/c1-22(2)10-5-11-23(19(25)14-6-4-7-16(12-14)28-3)20-21-17-9-8-15(24(26)27)13-18(17)29-20/h4,6-9,12-13H,5,10-11H2,1-3H3. The van der Waals surface area contributed by atoms with Crippen molar-refractivity contribution < 1.29 is 9.72 Å². The van der Waals surface area contributed by atoms with Crippen LogP contribution in [0.15, 0.2) is 47.4 Å². The minimum Gasteiger partial charge on any atom is -0.309 e. The van der Waals surface area contributed by atoms with Gasteiger partial charge in [-0.15, -0.1) is 11.8 Å². The molecule has 0 saturated heterocycles. The van der Waals surface area contributed by atoms with E-state index >= 15 is 0 Å². The lowest BCUT2D eigenvalue weighted by atomic mass is 10.2. The van der Waals surface area contributed by atoms with Crippen molar-refractivity contribution in [3.05, 3.63) is 58.1 Å². The number of non-ortho nitro benzene ring substituents is 1. The highest BCUT2D eigenvalue weighted by Crippen LogP contribution is 2.32. The van der Waals surface area contributed by atoms with E-state index < -0.39 is 4.92 Å². The summed E-state index contributed by atoms with van der Waals surface area (Å²) in [5.74, 6) is -0.117. The van der Waals surface area contributed by atoms with Gasteiger partial charge in [0, 0.05) is 29.1 Å². The molecule has 29 heavy (non-hydrogen) atoms. The zero-order valence-electron chi connectivity index (χ0n) is 16.5. The van der Waals surface area contributed by atoms with Crippen LogP contribution in [0.2, 0.25) is 0 Å². The monoisotopic (exact) mass is 430 g/mol. The van der Waals surface area contributed by atoms with E-state index in [9.17, 15) is 14.9 Å². The number of anilines is 1. The molecule has 0 N–H and O–H groups in total. The van der Waals surface area contributed by atoms with Crippen LogP contribution in [0.25, 0.3) is 10.2 Å². The van der Waals surface area contributed by atoms with E-state index in [-0.39, 0.29) is 11.6 Å². The van der Waals surface area contributed by atoms with Crippen LogP contribution in [0.3, 0.4) is 0 Å². The molecule has 0 saturated carbocycles. The second kappa shape index (κ2) is 9.34. The lowest BCUT2D eigenvalue weighted by Crippen LogP contribution is -2.33. The fourth-order valence-corrected chi connectivity index (χ4v) is 4.35. The van der Waals surface area contributed by atoms with Crippen LogP contribution in [0, 0.1) is 10.1 Å². The Morgan fingerprint density at radius 2 is 2.00 bits per heavy atom. The molecule has 1 heterocycles. The molecule has 0 aliphatic heterocycles. The first-order chi connectivity index (χ1) is 13.9. The van der Waals surface area contributed by atoms with Gasteiger partial charge in [-0.3, -0.25) is 19.8 Å². The number of hydrogen-bond donors (Lipinski definition) is 0. The summed E-state index contributed by atoms with van der Waals surface area (Å²) >= 11 is 2.88. The Hall–Kier alpha value is -2.49. The molecule has 0 fully saturated rings. The number of carbonyl (C=O) groups is 1. The summed E-state index contributed by atoms with van der Waals surface area (Å²) in [6, 6.07) is 12.1. The van der Waals surface area contributed by atoms with E-state index in [4.69, 9.17) is 0 Å². The molecule has 0 unspecified atom stereocenters. The predicted molar refractivity (Wildman–Crippen MR) is 119 cm³/mol. The number of fused-ring (bicyclic) bond motifs is 1. The molecule has 3 rings (SSSR count). The molecule has 3 aromatic rings. The number of carbonyl (C=O) groups excluding carboxylic acids is 1. The van der Waals surface area contributed by atoms with Crippen molar-refractivity contribution in [2.24, 2.45) is 0 Å². The molecule has 0 aliphatic rings. The Morgan fingerprint density at radius 3 is 2.69 bits per heavy atom. The van der Waals surface area contributed by atoms with Gasteiger partial charge in [-0.05, 0) is 57.6 Å². The summed E-state index contributed by atoms with van der Waals surface area (Å²) in [6.07, 6.45) is 2.76.